The number of hydrogen-bond donors (Lipinski definition) is 0. The second kappa shape index (κ2) is 4.54. The second-order valence-corrected chi connectivity index (χ2v) is 5.14. The third kappa shape index (κ3) is 2.29. The van der Waals surface area contributed by atoms with Gasteiger partial charge in [0.15, 0.2) is 5.82 Å². The molecule has 0 radical (unpaired) electrons. The first-order valence-corrected chi connectivity index (χ1v) is 6.39. The average Bonchev–Trinajstić information content (AvgIpc) is 3.22. The summed E-state index contributed by atoms with van der Waals surface area (Å²) >= 11 is 0. The van der Waals surface area contributed by atoms with Crippen LogP contribution in [0, 0.1) is 17.2 Å². The second-order valence-electron chi connectivity index (χ2n) is 5.14. The fourth-order valence-electron chi connectivity index (χ4n) is 2.47. The van der Waals surface area contributed by atoms with E-state index < -0.39 is 0 Å². The van der Waals surface area contributed by atoms with Crippen molar-refractivity contribution in [2.75, 3.05) is 18.0 Å². The van der Waals surface area contributed by atoms with E-state index in [2.05, 4.69) is 28.1 Å². The minimum Gasteiger partial charge on any atom is -0.371 e. The van der Waals surface area contributed by atoms with Gasteiger partial charge < -0.3 is 9.64 Å². The molecular weight excluding hydrogens is 228 g/mol. The van der Waals surface area contributed by atoms with Gasteiger partial charge in [0.05, 0.1) is 24.0 Å². The summed E-state index contributed by atoms with van der Waals surface area (Å²) in [6.07, 6.45) is 4.55. The molecule has 1 aliphatic carbocycles. The molecule has 0 N–H and O–H groups in total. The predicted octanol–water partition coefficient (Wildman–Crippen LogP) is 1.35. The van der Waals surface area contributed by atoms with Crippen molar-refractivity contribution in [1.29, 1.82) is 5.26 Å². The molecule has 18 heavy (non-hydrogen) atoms. The largest absolute Gasteiger partial charge is 0.371 e. The zero-order chi connectivity index (χ0) is 12.5. The molecule has 1 saturated heterocycles. The average molecular weight is 244 g/mol. The van der Waals surface area contributed by atoms with Crippen LogP contribution in [0.4, 0.5) is 5.82 Å². The van der Waals surface area contributed by atoms with Crippen LogP contribution in [0.2, 0.25) is 0 Å². The zero-order valence-electron chi connectivity index (χ0n) is 10.4. The highest BCUT2D eigenvalue weighted by Crippen LogP contribution is 2.37. The zero-order valence-corrected chi connectivity index (χ0v) is 10.4. The molecule has 2 fully saturated rings. The lowest BCUT2D eigenvalue weighted by molar-refractivity contribution is -0.0274. The Morgan fingerprint density at radius 1 is 1.44 bits per heavy atom. The summed E-state index contributed by atoms with van der Waals surface area (Å²) in [6, 6.07) is 3.90. The molecule has 1 aromatic rings. The van der Waals surface area contributed by atoms with Crippen LogP contribution in [-0.4, -0.2) is 35.5 Å². The van der Waals surface area contributed by atoms with Crippen molar-refractivity contribution in [2.45, 2.75) is 32.0 Å². The number of nitrogens with zero attached hydrogens (tertiary/aromatic N) is 4. The van der Waals surface area contributed by atoms with Crippen molar-refractivity contribution in [2.24, 2.45) is 5.92 Å². The molecule has 1 aromatic heterocycles. The highest BCUT2D eigenvalue weighted by molar-refractivity contribution is 5.43. The molecule has 0 aromatic carbocycles. The first-order valence-electron chi connectivity index (χ1n) is 6.39. The number of aromatic nitrogens is 2. The van der Waals surface area contributed by atoms with E-state index in [1.165, 1.54) is 19.0 Å². The topological polar surface area (TPSA) is 62.0 Å². The van der Waals surface area contributed by atoms with E-state index in [4.69, 9.17) is 10.00 Å². The van der Waals surface area contributed by atoms with Crippen LogP contribution in [0.25, 0.3) is 0 Å². The van der Waals surface area contributed by atoms with Gasteiger partial charge in [-0.25, -0.2) is 0 Å². The molecule has 2 atom stereocenters. The Bertz CT molecular complexity index is 480. The number of ether oxygens (including phenoxy) is 1. The maximum atomic E-state index is 8.90. The van der Waals surface area contributed by atoms with Crippen LogP contribution in [-0.2, 0) is 4.74 Å². The van der Waals surface area contributed by atoms with Gasteiger partial charge in [0.25, 0.3) is 0 Å². The van der Waals surface area contributed by atoms with E-state index in [1.54, 1.807) is 6.07 Å². The van der Waals surface area contributed by atoms with Crippen molar-refractivity contribution in [3.8, 4) is 6.07 Å². The lowest BCUT2D eigenvalue weighted by atomic mass is 10.1. The predicted molar refractivity (Wildman–Crippen MR) is 66.0 cm³/mol. The SMILES string of the molecule is C[C@@H]1CN(c2cc(C#N)cnn2)C[C@H](C2CC2)O1. The van der Waals surface area contributed by atoms with E-state index in [-0.39, 0.29) is 6.10 Å². The summed E-state index contributed by atoms with van der Waals surface area (Å²) in [5.41, 5.74) is 0.558. The third-order valence-corrected chi connectivity index (χ3v) is 3.53. The molecule has 94 valence electrons. The van der Waals surface area contributed by atoms with Gasteiger partial charge in [-0.05, 0) is 25.7 Å². The first-order chi connectivity index (χ1) is 8.76. The Balaban J connectivity index is 1.79. The standard InChI is InChI=1S/C13H16N4O/c1-9-7-17(8-12(18-9)11-2-3-11)13-4-10(5-14)6-15-16-13/h4,6,9,11-12H,2-3,7-8H2,1H3/t9-,12-/m1/s1. The fraction of sp³-hybridized carbons (Fsp3) is 0.615. The molecular formula is C13H16N4O. The number of nitriles is 1. The number of morpholine rings is 1. The van der Waals surface area contributed by atoms with Crippen LogP contribution in [0.1, 0.15) is 25.3 Å². The number of anilines is 1. The van der Waals surface area contributed by atoms with E-state index in [9.17, 15) is 0 Å². The molecule has 5 nitrogen and oxygen atoms in total. The molecule has 2 aliphatic rings. The molecule has 1 saturated carbocycles. The molecule has 1 aliphatic heterocycles. The summed E-state index contributed by atoms with van der Waals surface area (Å²) in [5, 5.41) is 16.9. The maximum absolute atomic E-state index is 8.90. The molecule has 3 rings (SSSR count). The first kappa shape index (κ1) is 11.4. The molecule has 0 spiro atoms. The Hall–Kier alpha value is -1.67. The van der Waals surface area contributed by atoms with Crippen LogP contribution in [0.3, 0.4) is 0 Å². The fourth-order valence-corrected chi connectivity index (χ4v) is 2.47. The lowest BCUT2D eigenvalue weighted by Gasteiger charge is -2.37. The number of rotatable bonds is 2. The summed E-state index contributed by atoms with van der Waals surface area (Å²) in [5.74, 6) is 1.50. The monoisotopic (exact) mass is 244 g/mol. The van der Waals surface area contributed by atoms with Gasteiger partial charge in [0.1, 0.15) is 6.07 Å². The van der Waals surface area contributed by atoms with Crippen LogP contribution in [0.15, 0.2) is 12.3 Å². The van der Waals surface area contributed by atoms with Gasteiger partial charge in [-0.2, -0.15) is 10.4 Å². The van der Waals surface area contributed by atoms with Crippen molar-refractivity contribution in [1.82, 2.24) is 10.2 Å². The van der Waals surface area contributed by atoms with Gasteiger partial charge >= 0.3 is 0 Å². The van der Waals surface area contributed by atoms with Gasteiger partial charge in [-0.3, -0.25) is 0 Å². The van der Waals surface area contributed by atoms with E-state index in [0.717, 1.165) is 18.9 Å². The summed E-state index contributed by atoms with van der Waals surface area (Å²) in [6.45, 7) is 3.76. The van der Waals surface area contributed by atoms with Crippen LogP contribution in [0.5, 0.6) is 0 Å². The van der Waals surface area contributed by atoms with Gasteiger partial charge in [-0.15, -0.1) is 5.10 Å². The summed E-state index contributed by atoms with van der Waals surface area (Å²) in [4.78, 5) is 2.19. The van der Waals surface area contributed by atoms with Gasteiger partial charge in [0.2, 0.25) is 0 Å². The van der Waals surface area contributed by atoms with Crippen LogP contribution < -0.4 is 4.90 Å². The summed E-state index contributed by atoms with van der Waals surface area (Å²) in [7, 11) is 0. The Labute approximate surface area is 106 Å². The van der Waals surface area contributed by atoms with Crippen molar-refractivity contribution in [3.05, 3.63) is 17.8 Å². The maximum Gasteiger partial charge on any atom is 0.152 e. The lowest BCUT2D eigenvalue weighted by Crippen LogP contribution is -2.48. The van der Waals surface area contributed by atoms with Gasteiger partial charge in [-0.1, -0.05) is 0 Å². The van der Waals surface area contributed by atoms with E-state index in [0.29, 0.717) is 17.6 Å². The Morgan fingerprint density at radius 2 is 2.28 bits per heavy atom. The van der Waals surface area contributed by atoms with Gasteiger partial charge in [0, 0.05) is 19.2 Å². The molecule has 0 amide bonds. The Morgan fingerprint density at radius 3 is 3.00 bits per heavy atom. The minimum absolute atomic E-state index is 0.205. The molecule has 0 bridgehead atoms. The summed E-state index contributed by atoms with van der Waals surface area (Å²) < 4.78 is 5.96. The molecule has 0 unspecified atom stereocenters. The Kier molecular flexibility index (Phi) is 2.88. The minimum atomic E-state index is 0.205. The van der Waals surface area contributed by atoms with Crippen molar-refractivity contribution in [3.63, 3.8) is 0 Å². The normalized spacial score (nSPS) is 27.9. The quantitative estimate of drug-likeness (QED) is 0.786. The van der Waals surface area contributed by atoms with Crippen LogP contribution >= 0.6 is 0 Å². The number of hydrogen-bond acceptors (Lipinski definition) is 5. The third-order valence-electron chi connectivity index (χ3n) is 3.53. The highest BCUT2D eigenvalue weighted by atomic mass is 16.5. The molecule has 5 heteroatoms. The van der Waals surface area contributed by atoms with E-state index >= 15 is 0 Å². The highest BCUT2D eigenvalue weighted by Gasteiger charge is 2.37. The van der Waals surface area contributed by atoms with Crippen molar-refractivity contribution >= 4 is 5.82 Å². The van der Waals surface area contributed by atoms with E-state index in [1.807, 2.05) is 0 Å². The molecule has 2 heterocycles. The smallest absolute Gasteiger partial charge is 0.152 e. The van der Waals surface area contributed by atoms with Crippen molar-refractivity contribution < 1.29 is 4.74 Å².